The van der Waals surface area contributed by atoms with Crippen LogP contribution in [0.4, 0.5) is 5.69 Å². The number of carbonyl (C=O) groups excluding carboxylic acids is 1. The van der Waals surface area contributed by atoms with Crippen molar-refractivity contribution in [1.82, 2.24) is 9.88 Å². The summed E-state index contributed by atoms with van der Waals surface area (Å²) in [5.74, 6) is 1.18. The number of nitrogens with zero attached hydrogens (tertiary/aromatic N) is 2. The predicted octanol–water partition coefficient (Wildman–Crippen LogP) is 1.81. The van der Waals surface area contributed by atoms with E-state index in [0.29, 0.717) is 36.0 Å². The maximum Gasteiger partial charge on any atom is 0.254 e. The molecule has 1 atom stereocenters. The van der Waals surface area contributed by atoms with Gasteiger partial charge in [0, 0.05) is 11.8 Å². The molecule has 0 spiro atoms. The predicted molar refractivity (Wildman–Crippen MR) is 108 cm³/mol. The minimum absolute atomic E-state index is 0.00873. The van der Waals surface area contributed by atoms with Crippen LogP contribution in [0.5, 0.6) is 11.5 Å². The summed E-state index contributed by atoms with van der Waals surface area (Å²) in [4.78, 5) is 18.4. The monoisotopic (exact) mass is 417 g/mol. The molecule has 0 bridgehead atoms. The average molecular weight is 417 g/mol. The molecule has 154 valence electrons. The SMILES string of the molecule is CC1(COc2cccnc2)COc2ccc(C(=O)N3CC[S+](=O)([O-])CC3)cc2N1. The third kappa shape index (κ3) is 4.51. The van der Waals surface area contributed by atoms with Gasteiger partial charge in [-0.25, -0.2) is 0 Å². The van der Waals surface area contributed by atoms with Crippen molar-refractivity contribution in [2.75, 3.05) is 43.1 Å². The van der Waals surface area contributed by atoms with Gasteiger partial charge < -0.3 is 24.2 Å². The number of anilines is 1. The molecule has 1 aromatic heterocycles. The molecular formula is C20H23N3O5S. The van der Waals surface area contributed by atoms with Crippen LogP contribution in [0.25, 0.3) is 0 Å². The molecule has 1 fully saturated rings. The number of hydrogen-bond acceptors (Lipinski definition) is 7. The topological polar surface area (TPSA) is 104 Å². The zero-order valence-corrected chi connectivity index (χ0v) is 16.9. The van der Waals surface area contributed by atoms with Crippen molar-refractivity contribution in [1.29, 1.82) is 0 Å². The third-order valence-electron chi connectivity index (χ3n) is 5.03. The first-order valence-electron chi connectivity index (χ1n) is 9.41. The minimum Gasteiger partial charge on any atom is -0.615 e. The van der Waals surface area contributed by atoms with Crippen molar-refractivity contribution in [3.63, 3.8) is 0 Å². The minimum atomic E-state index is -3.03. The van der Waals surface area contributed by atoms with Crippen LogP contribution >= 0.6 is 0 Å². The molecule has 3 heterocycles. The van der Waals surface area contributed by atoms with Gasteiger partial charge in [0.25, 0.3) is 5.91 Å². The Morgan fingerprint density at radius 2 is 2.17 bits per heavy atom. The molecule has 29 heavy (non-hydrogen) atoms. The van der Waals surface area contributed by atoms with Gasteiger partial charge in [-0.05, 0) is 37.3 Å². The van der Waals surface area contributed by atoms with E-state index in [1.165, 1.54) is 0 Å². The van der Waals surface area contributed by atoms with Crippen molar-refractivity contribution < 1.29 is 23.0 Å². The molecule has 0 radical (unpaired) electrons. The largest absolute Gasteiger partial charge is 0.615 e. The molecule has 0 aliphatic carbocycles. The lowest BCUT2D eigenvalue weighted by Gasteiger charge is -2.36. The fourth-order valence-electron chi connectivity index (χ4n) is 3.34. The van der Waals surface area contributed by atoms with Crippen LogP contribution in [0.3, 0.4) is 0 Å². The molecule has 9 heteroatoms. The van der Waals surface area contributed by atoms with E-state index >= 15 is 0 Å². The zero-order valence-electron chi connectivity index (χ0n) is 16.1. The van der Waals surface area contributed by atoms with Gasteiger partial charge in [0.2, 0.25) is 0 Å². The molecule has 1 saturated heterocycles. The number of hydrogen-bond donors (Lipinski definition) is 1. The highest BCUT2D eigenvalue weighted by Gasteiger charge is 2.33. The van der Waals surface area contributed by atoms with E-state index in [1.54, 1.807) is 35.5 Å². The number of carbonyl (C=O) groups is 1. The lowest BCUT2D eigenvalue weighted by Crippen LogP contribution is -2.49. The van der Waals surface area contributed by atoms with Gasteiger partial charge in [-0.3, -0.25) is 9.78 Å². The Kier molecular flexibility index (Phi) is 5.18. The van der Waals surface area contributed by atoms with Crippen molar-refractivity contribution in [2.45, 2.75) is 12.5 Å². The number of benzene rings is 1. The van der Waals surface area contributed by atoms with Crippen molar-refractivity contribution in [2.24, 2.45) is 0 Å². The molecule has 1 aromatic carbocycles. The van der Waals surface area contributed by atoms with E-state index in [0.717, 1.165) is 0 Å². The first-order chi connectivity index (χ1) is 13.8. The Balaban J connectivity index is 1.45. The molecule has 4 rings (SSSR count). The Morgan fingerprint density at radius 3 is 2.90 bits per heavy atom. The number of rotatable bonds is 4. The number of fused-ring (bicyclic) bond motifs is 1. The van der Waals surface area contributed by atoms with Crippen LogP contribution < -0.4 is 14.8 Å². The number of ether oxygens (including phenoxy) is 2. The first-order valence-corrected chi connectivity index (χ1v) is 11.2. The lowest BCUT2D eigenvalue weighted by atomic mass is 10.0. The number of sulfone groups is 1. The quantitative estimate of drug-likeness (QED) is 0.757. The summed E-state index contributed by atoms with van der Waals surface area (Å²) in [6.45, 7) is 3.20. The fraction of sp³-hybridized carbons (Fsp3) is 0.400. The van der Waals surface area contributed by atoms with E-state index in [4.69, 9.17) is 9.47 Å². The number of nitrogens with one attached hydrogen (secondary N) is 1. The standard InChI is InChI=1S/C20H23N3O5S/c1-20(13-27-16-3-2-6-21-12-16)14-28-18-5-4-15(11-17(18)22-20)19(24)23-7-9-29(25,26)10-8-23/h2-6,11-12,22H,7-10,13-14H2,1H3. The summed E-state index contributed by atoms with van der Waals surface area (Å²) in [6, 6.07) is 8.87. The van der Waals surface area contributed by atoms with Crippen LogP contribution in [0.15, 0.2) is 42.7 Å². The normalized spacial score (nSPS) is 22.8. The molecular weight excluding hydrogens is 394 g/mol. The second-order valence-electron chi connectivity index (χ2n) is 7.61. The summed E-state index contributed by atoms with van der Waals surface area (Å²) in [5.41, 5.74) is 0.726. The summed E-state index contributed by atoms with van der Waals surface area (Å²) in [6.07, 6.45) is 3.33. The Bertz CT molecular complexity index is 942. The molecule has 2 aliphatic rings. The Morgan fingerprint density at radius 1 is 1.38 bits per heavy atom. The van der Waals surface area contributed by atoms with E-state index in [9.17, 15) is 13.6 Å². The molecule has 1 amide bonds. The van der Waals surface area contributed by atoms with Crippen molar-refractivity contribution in [3.05, 3.63) is 48.3 Å². The molecule has 0 saturated carbocycles. The van der Waals surface area contributed by atoms with Crippen LogP contribution in [-0.2, 0) is 14.4 Å². The lowest BCUT2D eigenvalue weighted by molar-refractivity contribution is 0.0768. The smallest absolute Gasteiger partial charge is 0.254 e. The molecule has 2 aliphatic heterocycles. The first kappa shape index (κ1) is 19.7. The molecule has 8 nitrogen and oxygen atoms in total. The highest BCUT2D eigenvalue weighted by atomic mass is 32.3. The summed E-state index contributed by atoms with van der Waals surface area (Å²) >= 11 is 0. The van der Waals surface area contributed by atoms with Crippen molar-refractivity contribution in [3.8, 4) is 11.5 Å². The van der Waals surface area contributed by atoms with E-state index < -0.39 is 15.8 Å². The van der Waals surface area contributed by atoms with Crippen LogP contribution in [0.1, 0.15) is 17.3 Å². The van der Waals surface area contributed by atoms with Crippen LogP contribution in [0.2, 0.25) is 0 Å². The van der Waals surface area contributed by atoms with Gasteiger partial charge in [0.05, 0.1) is 35.2 Å². The van der Waals surface area contributed by atoms with Crippen molar-refractivity contribution >= 4 is 21.8 Å². The van der Waals surface area contributed by atoms with E-state index in [2.05, 4.69) is 10.3 Å². The second kappa shape index (κ2) is 7.64. The maximum absolute atomic E-state index is 12.8. The summed E-state index contributed by atoms with van der Waals surface area (Å²) < 4.78 is 34.9. The van der Waals surface area contributed by atoms with Crippen LogP contribution in [-0.4, -0.2) is 63.7 Å². The second-order valence-corrected chi connectivity index (χ2v) is 9.91. The highest BCUT2D eigenvalue weighted by Crippen LogP contribution is 2.34. The molecule has 1 N–H and O–H groups in total. The summed E-state index contributed by atoms with van der Waals surface area (Å²) in [5, 5.41) is 3.42. The zero-order chi connectivity index (χ0) is 20.5. The van der Waals surface area contributed by atoms with Gasteiger partial charge in [-0.1, -0.05) is 0 Å². The Hall–Kier alpha value is -2.65. The van der Waals surface area contributed by atoms with Gasteiger partial charge in [-0.2, -0.15) is 0 Å². The maximum atomic E-state index is 12.8. The third-order valence-corrected chi connectivity index (χ3v) is 6.64. The number of aromatic nitrogens is 1. The fourth-order valence-corrected chi connectivity index (χ4v) is 4.54. The Labute approximate surface area is 170 Å². The van der Waals surface area contributed by atoms with Gasteiger partial charge in [0.15, 0.2) is 0 Å². The van der Waals surface area contributed by atoms with Gasteiger partial charge in [0.1, 0.15) is 41.8 Å². The number of pyridine rings is 1. The number of amides is 1. The van der Waals surface area contributed by atoms with E-state index in [-0.39, 0.29) is 30.5 Å². The highest BCUT2D eigenvalue weighted by molar-refractivity contribution is 7.97. The molecule has 2 aromatic rings. The summed E-state index contributed by atoms with van der Waals surface area (Å²) in [7, 11) is -3.03. The average Bonchev–Trinajstić information content (AvgIpc) is 2.72. The van der Waals surface area contributed by atoms with Gasteiger partial charge in [-0.15, -0.1) is 4.21 Å². The van der Waals surface area contributed by atoms with Crippen LogP contribution in [0, 0.1) is 0 Å². The van der Waals surface area contributed by atoms with E-state index in [1.807, 2.05) is 19.1 Å². The van der Waals surface area contributed by atoms with Gasteiger partial charge >= 0.3 is 0 Å². The molecule has 1 unspecified atom stereocenters.